The molecule has 82 valence electrons. The molecule has 2 heterocycles. The highest BCUT2D eigenvalue weighted by Crippen LogP contribution is 2.21. The van der Waals surface area contributed by atoms with Crippen molar-refractivity contribution in [3.8, 4) is 0 Å². The van der Waals surface area contributed by atoms with E-state index in [0.29, 0.717) is 10.3 Å². The van der Waals surface area contributed by atoms with Gasteiger partial charge in [0.05, 0.1) is 0 Å². The minimum atomic E-state index is -0.172. The summed E-state index contributed by atoms with van der Waals surface area (Å²) >= 11 is 7.12. The maximum absolute atomic E-state index is 11.6. The number of thiazole rings is 1. The molecular weight excluding hydrogens is 234 g/mol. The zero-order chi connectivity index (χ0) is 10.7. The van der Waals surface area contributed by atoms with E-state index >= 15 is 0 Å². The normalized spacial score (nSPS) is 21.9. The number of rotatable bonds is 2. The first-order valence-electron chi connectivity index (χ1n) is 4.91. The van der Waals surface area contributed by atoms with E-state index in [1.54, 1.807) is 5.38 Å². The first kappa shape index (κ1) is 10.7. The first-order valence-corrected chi connectivity index (χ1v) is 6.17. The van der Waals surface area contributed by atoms with E-state index < -0.39 is 0 Å². The third-order valence-corrected chi connectivity index (χ3v) is 3.41. The molecule has 1 aliphatic heterocycles. The van der Waals surface area contributed by atoms with Crippen molar-refractivity contribution in [3.63, 3.8) is 0 Å². The van der Waals surface area contributed by atoms with E-state index in [2.05, 4.69) is 15.6 Å². The molecular formula is C9H12ClN3OS. The van der Waals surface area contributed by atoms with Crippen molar-refractivity contribution in [1.29, 1.82) is 0 Å². The average Bonchev–Trinajstić information content (AvgIpc) is 2.50. The van der Waals surface area contributed by atoms with Gasteiger partial charge in [-0.05, 0) is 19.3 Å². The molecule has 6 heteroatoms. The number of aromatic nitrogens is 1. The average molecular weight is 246 g/mol. The fraction of sp³-hybridized carbons (Fsp3) is 0.556. The fourth-order valence-electron chi connectivity index (χ4n) is 1.55. The molecule has 1 unspecified atom stereocenters. The Kier molecular flexibility index (Phi) is 3.43. The quantitative estimate of drug-likeness (QED) is 0.837. The zero-order valence-electron chi connectivity index (χ0n) is 8.12. The Morgan fingerprint density at radius 3 is 3.20 bits per heavy atom. The van der Waals surface area contributed by atoms with Gasteiger partial charge in [-0.3, -0.25) is 4.79 Å². The Labute approximate surface area is 97.0 Å². The lowest BCUT2D eigenvalue weighted by Crippen LogP contribution is -2.37. The molecule has 1 aliphatic rings. The van der Waals surface area contributed by atoms with E-state index in [9.17, 15) is 4.79 Å². The van der Waals surface area contributed by atoms with Gasteiger partial charge in [0.25, 0.3) is 0 Å². The van der Waals surface area contributed by atoms with Gasteiger partial charge >= 0.3 is 0 Å². The summed E-state index contributed by atoms with van der Waals surface area (Å²) in [6.07, 6.45) is 2.95. The predicted molar refractivity (Wildman–Crippen MR) is 61.4 cm³/mol. The topological polar surface area (TPSA) is 54.0 Å². The van der Waals surface area contributed by atoms with Gasteiger partial charge in [0.15, 0.2) is 5.13 Å². The van der Waals surface area contributed by atoms with Crippen molar-refractivity contribution in [2.45, 2.75) is 25.3 Å². The number of nitrogens with zero attached hydrogens (tertiary/aromatic N) is 1. The lowest BCUT2D eigenvalue weighted by molar-refractivity contribution is -0.121. The molecule has 1 amide bonds. The van der Waals surface area contributed by atoms with Crippen LogP contribution in [0.2, 0.25) is 5.15 Å². The summed E-state index contributed by atoms with van der Waals surface area (Å²) in [5, 5.41) is 8.89. The first-order chi connectivity index (χ1) is 7.25. The van der Waals surface area contributed by atoms with Crippen LogP contribution in [-0.2, 0) is 4.79 Å². The second-order valence-electron chi connectivity index (χ2n) is 3.46. The third kappa shape index (κ3) is 2.82. The van der Waals surface area contributed by atoms with Crippen molar-refractivity contribution in [3.05, 3.63) is 10.5 Å². The third-order valence-electron chi connectivity index (χ3n) is 2.31. The van der Waals surface area contributed by atoms with Gasteiger partial charge in [0, 0.05) is 11.9 Å². The van der Waals surface area contributed by atoms with Gasteiger partial charge in [-0.25, -0.2) is 4.98 Å². The molecule has 1 aromatic rings. The Balaban J connectivity index is 2.00. The van der Waals surface area contributed by atoms with Crippen molar-refractivity contribution < 1.29 is 4.79 Å². The second kappa shape index (κ2) is 4.81. The fourth-order valence-corrected chi connectivity index (χ4v) is 2.44. The Bertz CT molecular complexity index is 355. The van der Waals surface area contributed by atoms with Gasteiger partial charge < -0.3 is 10.6 Å². The SMILES string of the molecule is O=C1NCCCCC1Nc1nc(Cl)cs1. The van der Waals surface area contributed by atoms with E-state index in [-0.39, 0.29) is 11.9 Å². The second-order valence-corrected chi connectivity index (χ2v) is 4.70. The maximum Gasteiger partial charge on any atom is 0.242 e. The van der Waals surface area contributed by atoms with Crippen LogP contribution >= 0.6 is 22.9 Å². The van der Waals surface area contributed by atoms with E-state index in [1.165, 1.54) is 11.3 Å². The van der Waals surface area contributed by atoms with Crippen LogP contribution in [0.25, 0.3) is 0 Å². The highest BCUT2D eigenvalue weighted by molar-refractivity contribution is 7.14. The minimum absolute atomic E-state index is 0.0545. The standard InChI is InChI=1S/C9H12ClN3OS/c10-7-5-15-9(13-7)12-6-3-1-2-4-11-8(6)14/h5-6H,1-4H2,(H,11,14)(H,12,13). The molecule has 0 aliphatic carbocycles. The van der Waals surface area contributed by atoms with Gasteiger partial charge in [-0.1, -0.05) is 11.6 Å². The summed E-state index contributed by atoms with van der Waals surface area (Å²) in [5.74, 6) is 0.0545. The van der Waals surface area contributed by atoms with Gasteiger partial charge in [-0.15, -0.1) is 11.3 Å². The smallest absolute Gasteiger partial charge is 0.242 e. The molecule has 0 aromatic carbocycles. The number of anilines is 1. The molecule has 0 bridgehead atoms. The Morgan fingerprint density at radius 1 is 1.60 bits per heavy atom. The molecule has 15 heavy (non-hydrogen) atoms. The zero-order valence-corrected chi connectivity index (χ0v) is 9.70. The number of hydrogen-bond donors (Lipinski definition) is 2. The van der Waals surface area contributed by atoms with Crippen LogP contribution in [0, 0.1) is 0 Å². The molecule has 1 atom stereocenters. The van der Waals surface area contributed by atoms with Crippen LogP contribution in [0.4, 0.5) is 5.13 Å². The Morgan fingerprint density at radius 2 is 2.47 bits per heavy atom. The Hall–Kier alpha value is -0.810. The summed E-state index contributed by atoms with van der Waals surface area (Å²) < 4.78 is 0. The van der Waals surface area contributed by atoms with Crippen LogP contribution in [0.1, 0.15) is 19.3 Å². The van der Waals surface area contributed by atoms with Crippen LogP contribution in [0.15, 0.2) is 5.38 Å². The monoisotopic (exact) mass is 245 g/mol. The van der Waals surface area contributed by atoms with Crippen molar-refractivity contribution in [2.24, 2.45) is 0 Å². The molecule has 0 saturated carbocycles. The van der Waals surface area contributed by atoms with Gasteiger partial charge in [0.1, 0.15) is 11.2 Å². The predicted octanol–water partition coefficient (Wildman–Crippen LogP) is 1.88. The number of nitrogens with one attached hydrogen (secondary N) is 2. The molecule has 1 aromatic heterocycles. The van der Waals surface area contributed by atoms with E-state index in [0.717, 1.165) is 25.8 Å². The molecule has 0 spiro atoms. The van der Waals surface area contributed by atoms with E-state index in [1.807, 2.05) is 0 Å². The van der Waals surface area contributed by atoms with Crippen molar-refractivity contribution in [1.82, 2.24) is 10.3 Å². The summed E-state index contributed by atoms with van der Waals surface area (Å²) in [6.45, 7) is 0.773. The van der Waals surface area contributed by atoms with Crippen LogP contribution in [-0.4, -0.2) is 23.5 Å². The molecule has 2 N–H and O–H groups in total. The van der Waals surface area contributed by atoms with Crippen molar-refractivity contribution in [2.75, 3.05) is 11.9 Å². The molecule has 4 nitrogen and oxygen atoms in total. The van der Waals surface area contributed by atoms with Gasteiger partial charge in [0.2, 0.25) is 5.91 Å². The van der Waals surface area contributed by atoms with Crippen molar-refractivity contribution >= 4 is 34.0 Å². The summed E-state index contributed by atoms with van der Waals surface area (Å²) in [7, 11) is 0. The summed E-state index contributed by atoms with van der Waals surface area (Å²) in [4.78, 5) is 15.7. The molecule has 0 radical (unpaired) electrons. The number of carbonyl (C=O) groups excluding carboxylic acids is 1. The largest absolute Gasteiger partial charge is 0.354 e. The minimum Gasteiger partial charge on any atom is -0.354 e. The maximum atomic E-state index is 11.6. The van der Waals surface area contributed by atoms with Gasteiger partial charge in [-0.2, -0.15) is 0 Å². The van der Waals surface area contributed by atoms with Crippen LogP contribution in [0.5, 0.6) is 0 Å². The number of hydrogen-bond acceptors (Lipinski definition) is 4. The number of carbonyl (C=O) groups is 1. The van der Waals surface area contributed by atoms with Crippen LogP contribution < -0.4 is 10.6 Å². The highest BCUT2D eigenvalue weighted by atomic mass is 35.5. The molecule has 1 saturated heterocycles. The summed E-state index contributed by atoms with van der Waals surface area (Å²) in [6, 6.07) is -0.172. The highest BCUT2D eigenvalue weighted by Gasteiger charge is 2.20. The molecule has 2 rings (SSSR count). The lowest BCUT2D eigenvalue weighted by Gasteiger charge is -2.13. The summed E-state index contributed by atoms with van der Waals surface area (Å²) in [5.41, 5.74) is 0. The molecule has 1 fully saturated rings. The lowest BCUT2D eigenvalue weighted by atomic mass is 10.1. The number of halogens is 1. The van der Waals surface area contributed by atoms with Crippen LogP contribution in [0.3, 0.4) is 0 Å². The number of amides is 1. The van der Waals surface area contributed by atoms with E-state index in [4.69, 9.17) is 11.6 Å².